The van der Waals surface area contributed by atoms with Crippen LogP contribution in [0.3, 0.4) is 0 Å². The zero-order valence-electron chi connectivity index (χ0n) is 22.7. The second-order valence-electron chi connectivity index (χ2n) is 9.21. The number of esters is 2. The third-order valence-corrected chi connectivity index (χ3v) is 7.23. The molecule has 0 radical (unpaired) electrons. The first-order valence-electron chi connectivity index (χ1n) is 12.8. The van der Waals surface area contributed by atoms with Gasteiger partial charge < -0.3 is 25.2 Å². The zero-order chi connectivity index (χ0) is 30.3. The van der Waals surface area contributed by atoms with Gasteiger partial charge in [0.05, 0.1) is 39.3 Å². The lowest BCUT2D eigenvalue weighted by Crippen LogP contribution is -2.34. The molecule has 1 heterocycles. The standard InChI is InChI=1S/C29H30F3IN2O6/c1-4-40-27(38)24-16(2)35-17(3)25(26(24)19-7-5-6-8-20(19)29(30,31)32)28(39)41-14-13-34-23(37)12-10-18-9-11-22(36)21(33)15-18/h5-9,11,15,26,35-36H,4,10,12-14H2,1-3H3,(H,34,37)/t26-/m0/s1. The van der Waals surface area contributed by atoms with Gasteiger partial charge in [-0.1, -0.05) is 24.3 Å². The molecule has 2 aromatic rings. The molecule has 0 aromatic heterocycles. The van der Waals surface area contributed by atoms with Gasteiger partial charge in [0.2, 0.25) is 5.91 Å². The summed E-state index contributed by atoms with van der Waals surface area (Å²) >= 11 is 1.99. The lowest BCUT2D eigenvalue weighted by atomic mass is 9.78. The largest absolute Gasteiger partial charge is 0.507 e. The summed E-state index contributed by atoms with van der Waals surface area (Å²) in [6, 6.07) is 9.78. The average Bonchev–Trinajstić information content (AvgIpc) is 2.90. The Balaban J connectivity index is 1.75. The molecule has 41 heavy (non-hydrogen) atoms. The molecule has 0 saturated carbocycles. The number of phenols is 1. The van der Waals surface area contributed by atoms with E-state index in [-0.39, 0.29) is 65.9 Å². The number of hydrogen-bond acceptors (Lipinski definition) is 7. The molecule has 0 saturated heterocycles. The van der Waals surface area contributed by atoms with Crippen LogP contribution in [0.1, 0.15) is 49.8 Å². The first-order chi connectivity index (χ1) is 19.3. The molecule has 8 nitrogen and oxygen atoms in total. The number of benzene rings is 2. The minimum atomic E-state index is -4.75. The van der Waals surface area contributed by atoms with E-state index < -0.39 is 29.6 Å². The van der Waals surface area contributed by atoms with Crippen molar-refractivity contribution in [2.24, 2.45) is 0 Å². The van der Waals surface area contributed by atoms with E-state index in [9.17, 15) is 32.7 Å². The Morgan fingerprint density at radius 2 is 1.66 bits per heavy atom. The van der Waals surface area contributed by atoms with Gasteiger partial charge >= 0.3 is 18.1 Å². The second-order valence-corrected chi connectivity index (χ2v) is 10.4. The molecule has 0 spiro atoms. The Labute approximate surface area is 249 Å². The molecular formula is C29H30F3IN2O6. The van der Waals surface area contributed by atoms with Crippen LogP contribution in [0.25, 0.3) is 0 Å². The molecule has 1 amide bonds. The van der Waals surface area contributed by atoms with E-state index in [4.69, 9.17) is 9.47 Å². The van der Waals surface area contributed by atoms with Crippen LogP contribution < -0.4 is 10.6 Å². The van der Waals surface area contributed by atoms with Crippen LogP contribution in [-0.4, -0.2) is 42.7 Å². The highest BCUT2D eigenvalue weighted by atomic mass is 127. The Morgan fingerprint density at radius 1 is 1.02 bits per heavy atom. The Kier molecular flexibility index (Phi) is 10.8. The lowest BCUT2D eigenvalue weighted by Gasteiger charge is -2.31. The second kappa shape index (κ2) is 13.9. The number of halogens is 4. The van der Waals surface area contributed by atoms with Crippen LogP contribution in [0.2, 0.25) is 0 Å². The van der Waals surface area contributed by atoms with Crippen molar-refractivity contribution >= 4 is 40.4 Å². The third-order valence-electron chi connectivity index (χ3n) is 6.36. The number of allylic oxidation sites excluding steroid dienone is 2. The Hall–Kier alpha value is -3.55. The predicted molar refractivity (Wildman–Crippen MR) is 152 cm³/mol. The van der Waals surface area contributed by atoms with E-state index in [0.717, 1.165) is 11.6 Å². The summed E-state index contributed by atoms with van der Waals surface area (Å²) in [6.07, 6.45) is -4.16. The normalized spacial score (nSPS) is 15.3. The topological polar surface area (TPSA) is 114 Å². The molecule has 220 valence electrons. The summed E-state index contributed by atoms with van der Waals surface area (Å²) in [6.45, 7) is 4.31. The van der Waals surface area contributed by atoms with Crippen molar-refractivity contribution in [3.63, 3.8) is 0 Å². The highest BCUT2D eigenvalue weighted by Gasteiger charge is 2.43. The predicted octanol–water partition coefficient (Wildman–Crippen LogP) is 5.11. The van der Waals surface area contributed by atoms with E-state index in [2.05, 4.69) is 10.6 Å². The monoisotopic (exact) mass is 686 g/mol. The van der Waals surface area contributed by atoms with Gasteiger partial charge in [-0.2, -0.15) is 13.2 Å². The molecule has 1 aliphatic heterocycles. The fraction of sp³-hybridized carbons (Fsp3) is 0.345. The molecule has 3 rings (SSSR count). The van der Waals surface area contributed by atoms with Crippen molar-refractivity contribution in [2.45, 2.75) is 45.7 Å². The van der Waals surface area contributed by atoms with Gasteiger partial charge in [-0.3, -0.25) is 4.79 Å². The number of phenolic OH excluding ortho intramolecular Hbond substituents is 1. The van der Waals surface area contributed by atoms with Gasteiger partial charge in [0.25, 0.3) is 0 Å². The van der Waals surface area contributed by atoms with Gasteiger partial charge in [-0.15, -0.1) is 0 Å². The van der Waals surface area contributed by atoms with Gasteiger partial charge in [0, 0.05) is 17.8 Å². The minimum absolute atomic E-state index is 0.0165. The number of carbonyl (C=O) groups is 3. The van der Waals surface area contributed by atoms with Gasteiger partial charge in [-0.05, 0) is 79.1 Å². The summed E-state index contributed by atoms with van der Waals surface area (Å²) in [5, 5.41) is 15.2. The van der Waals surface area contributed by atoms with Crippen LogP contribution in [0.4, 0.5) is 13.2 Å². The summed E-state index contributed by atoms with van der Waals surface area (Å²) in [5.41, 5.74) is -0.207. The molecule has 1 aliphatic rings. The van der Waals surface area contributed by atoms with Crippen LogP contribution >= 0.6 is 22.6 Å². The third kappa shape index (κ3) is 8.02. The number of ether oxygens (including phenoxy) is 2. The fourth-order valence-electron chi connectivity index (χ4n) is 4.53. The van der Waals surface area contributed by atoms with E-state index in [1.807, 2.05) is 22.6 Å². The maximum Gasteiger partial charge on any atom is 0.416 e. The molecule has 12 heteroatoms. The number of dihydropyridines is 1. The van der Waals surface area contributed by atoms with Crippen molar-refractivity contribution in [1.82, 2.24) is 10.6 Å². The molecule has 0 bridgehead atoms. The Morgan fingerprint density at radius 3 is 2.27 bits per heavy atom. The number of aryl methyl sites for hydroxylation is 1. The highest BCUT2D eigenvalue weighted by molar-refractivity contribution is 14.1. The number of carbonyl (C=O) groups excluding carboxylic acids is 3. The summed E-state index contributed by atoms with van der Waals surface area (Å²) in [7, 11) is 0. The SMILES string of the molecule is CCOC(=O)C1=C(C)NC(C)=C(C(=O)OCCNC(=O)CCc2ccc(O)c(I)c2)[C@H]1c1ccccc1C(F)(F)F. The van der Waals surface area contributed by atoms with E-state index in [1.54, 1.807) is 25.1 Å². The van der Waals surface area contributed by atoms with Crippen molar-refractivity contribution in [1.29, 1.82) is 0 Å². The molecule has 0 aliphatic carbocycles. The van der Waals surface area contributed by atoms with E-state index in [1.165, 1.54) is 32.0 Å². The van der Waals surface area contributed by atoms with Crippen molar-refractivity contribution in [2.75, 3.05) is 19.8 Å². The highest BCUT2D eigenvalue weighted by Crippen LogP contribution is 2.44. The molecule has 0 unspecified atom stereocenters. The fourth-order valence-corrected chi connectivity index (χ4v) is 5.11. The molecule has 1 atom stereocenters. The summed E-state index contributed by atoms with van der Waals surface area (Å²) < 4.78 is 53.2. The minimum Gasteiger partial charge on any atom is -0.507 e. The number of hydrogen-bond donors (Lipinski definition) is 3. The number of alkyl halides is 3. The molecule has 0 fully saturated rings. The molecule has 3 N–H and O–H groups in total. The zero-order valence-corrected chi connectivity index (χ0v) is 24.8. The van der Waals surface area contributed by atoms with Gasteiger partial charge in [-0.25, -0.2) is 9.59 Å². The van der Waals surface area contributed by atoms with E-state index >= 15 is 0 Å². The maximum atomic E-state index is 14.0. The van der Waals surface area contributed by atoms with Crippen molar-refractivity contribution < 1.29 is 42.1 Å². The first kappa shape index (κ1) is 32.0. The van der Waals surface area contributed by atoms with Crippen molar-refractivity contribution in [3.8, 4) is 5.75 Å². The number of rotatable bonds is 10. The Bertz CT molecular complexity index is 1390. The van der Waals surface area contributed by atoms with Crippen LogP contribution in [0, 0.1) is 3.57 Å². The average molecular weight is 686 g/mol. The van der Waals surface area contributed by atoms with Gasteiger partial charge in [0.15, 0.2) is 0 Å². The molecule has 2 aromatic carbocycles. The number of aromatic hydroxyl groups is 1. The van der Waals surface area contributed by atoms with Crippen LogP contribution in [-0.2, 0) is 36.5 Å². The lowest BCUT2D eigenvalue weighted by molar-refractivity contribution is -0.142. The molecular weight excluding hydrogens is 656 g/mol. The smallest absolute Gasteiger partial charge is 0.416 e. The summed E-state index contributed by atoms with van der Waals surface area (Å²) in [5.74, 6) is -3.32. The first-order valence-corrected chi connectivity index (χ1v) is 13.9. The number of amides is 1. The van der Waals surface area contributed by atoms with Crippen LogP contribution in [0.5, 0.6) is 5.75 Å². The van der Waals surface area contributed by atoms with Gasteiger partial charge in [0.1, 0.15) is 12.4 Å². The maximum absolute atomic E-state index is 14.0. The van der Waals surface area contributed by atoms with Crippen molar-refractivity contribution in [3.05, 3.63) is 85.3 Å². The summed E-state index contributed by atoms with van der Waals surface area (Å²) in [4.78, 5) is 38.5. The van der Waals surface area contributed by atoms with Crippen LogP contribution in [0.15, 0.2) is 65.0 Å². The quantitative estimate of drug-likeness (QED) is 0.181. The van der Waals surface area contributed by atoms with E-state index in [0.29, 0.717) is 9.99 Å². The number of nitrogens with one attached hydrogen (secondary N) is 2.